The molecule has 0 radical (unpaired) electrons. The van der Waals surface area contributed by atoms with Gasteiger partial charge < -0.3 is 0 Å². The Labute approximate surface area is 100 Å². The first-order valence-electron chi connectivity index (χ1n) is 5.42. The van der Waals surface area contributed by atoms with E-state index in [9.17, 15) is 14.7 Å². The molecule has 0 spiro atoms. The molecule has 1 fully saturated rings. The van der Waals surface area contributed by atoms with Crippen LogP contribution < -0.4 is 0 Å². The van der Waals surface area contributed by atoms with Gasteiger partial charge in [-0.2, -0.15) is 0 Å². The van der Waals surface area contributed by atoms with Gasteiger partial charge in [0.1, 0.15) is 0 Å². The second-order valence-corrected chi connectivity index (χ2v) is 16.5. The molecule has 0 aromatic carbocycles. The van der Waals surface area contributed by atoms with Crippen molar-refractivity contribution in [2.75, 3.05) is 0 Å². The van der Waals surface area contributed by atoms with Crippen LogP contribution in [0.3, 0.4) is 0 Å². The molecule has 1 N–H and O–H groups in total. The third-order valence-corrected chi connectivity index (χ3v) is 15.0. The first kappa shape index (κ1) is 13.8. The van der Waals surface area contributed by atoms with Crippen LogP contribution in [0.5, 0.6) is 0 Å². The number of aliphatic hydroxyl groups is 1. The summed E-state index contributed by atoms with van der Waals surface area (Å²) in [5.74, 6) is -1.22. The van der Waals surface area contributed by atoms with E-state index in [1.54, 1.807) is 0 Å². The molecule has 1 aliphatic rings. The van der Waals surface area contributed by atoms with Gasteiger partial charge in [0.25, 0.3) is 0 Å². The van der Waals surface area contributed by atoms with Gasteiger partial charge in [-0.05, 0) is 0 Å². The number of carbonyl (C=O) groups is 2. The van der Waals surface area contributed by atoms with Crippen molar-refractivity contribution < 1.29 is 20.8 Å². The molecule has 1 saturated heterocycles. The quantitative estimate of drug-likeness (QED) is 0.764. The molecule has 0 amide bonds. The Morgan fingerprint density at radius 3 is 2.12 bits per heavy atom. The molecule has 6 heteroatoms. The zero-order chi connectivity index (χ0) is 12.5. The SMILES string of the molecule is C[CH](C)[Sn]1([CH](C)C)[O]C(=O)CC(O)C(=O)[O]1. The van der Waals surface area contributed by atoms with E-state index in [1.165, 1.54) is 0 Å². The van der Waals surface area contributed by atoms with E-state index in [0.29, 0.717) is 0 Å². The average Bonchev–Trinajstić information content (AvgIpc) is 2.25. The summed E-state index contributed by atoms with van der Waals surface area (Å²) in [6.07, 6.45) is -1.67. The number of hydrogen-bond acceptors (Lipinski definition) is 5. The van der Waals surface area contributed by atoms with Gasteiger partial charge in [-0.25, -0.2) is 0 Å². The van der Waals surface area contributed by atoms with Gasteiger partial charge in [-0.15, -0.1) is 0 Å². The summed E-state index contributed by atoms with van der Waals surface area (Å²) in [7, 11) is 0. The summed E-state index contributed by atoms with van der Waals surface area (Å²) in [6, 6.07) is 0. The Kier molecular flexibility index (Phi) is 4.22. The van der Waals surface area contributed by atoms with Gasteiger partial charge in [0, 0.05) is 0 Å². The van der Waals surface area contributed by atoms with Gasteiger partial charge >= 0.3 is 100 Å². The fourth-order valence-corrected chi connectivity index (χ4v) is 11.0. The zero-order valence-electron chi connectivity index (χ0n) is 10.0. The summed E-state index contributed by atoms with van der Waals surface area (Å²) < 4.78 is 10.9. The Balaban J connectivity index is 3.08. The zero-order valence-corrected chi connectivity index (χ0v) is 12.9. The van der Waals surface area contributed by atoms with E-state index < -0.39 is 37.2 Å². The summed E-state index contributed by atoms with van der Waals surface area (Å²) in [6.45, 7) is 7.59. The third kappa shape index (κ3) is 2.50. The molecule has 0 bridgehead atoms. The fourth-order valence-electron chi connectivity index (χ4n) is 1.84. The van der Waals surface area contributed by atoms with E-state index in [0.717, 1.165) is 0 Å². The predicted molar refractivity (Wildman–Crippen MR) is 58.8 cm³/mol. The first-order chi connectivity index (χ1) is 7.29. The second kappa shape index (κ2) is 4.91. The van der Waals surface area contributed by atoms with Crippen molar-refractivity contribution in [2.45, 2.75) is 48.1 Å². The average molecular weight is 337 g/mol. The summed E-state index contributed by atoms with van der Waals surface area (Å²) in [5, 5.41) is 9.38. The second-order valence-electron chi connectivity index (χ2n) is 4.65. The molecule has 1 aliphatic heterocycles. The summed E-state index contributed by atoms with van der Waals surface area (Å²) >= 11 is -3.76. The van der Waals surface area contributed by atoms with Crippen molar-refractivity contribution in [3.05, 3.63) is 0 Å². The monoisotopic (exact) mass is 338 g/mol. The molecule has 5 nitrogen and oxygen atoms in total. The van der Waals surface area contributed by atoms with Gasteiger partial charge in [0.15, 0.2) is 0 Å². The maximum atomic E-state index is 11.5. The first-order valence-corrected chi connectivity index (χ1v) is 11.0. The molecule has 92 valence electrons. The molecule has 0 aromatic heterocycles. The van der Waals surface area contributed by atoms with Crippen LogP contribution in [0.25, 0.3) is 0 Å². The Hall–Kier alpha value is -0.301. The summed E-state index contributed by atoms with van der Waals surface area (Å²) in [5.41, 5.74) is 0. The van der Waals surface area contributed by atoms with Crippen molar-refractivity contribution in [1.29, 1.82) is 0 Å². The fraction of sp³-hybridized carbons (Fsp3) is 0.800. The normalized spacial score (nSPS) is 25.3. The van der Waals surface area contributed by atoms with E-state index in [1.807, 2.05) is 27.7 Å². The van der Waals surface area contributed by atoms with E-state index in [4.69, 9.17) is 6.15 Å². The van der Waals surface area contributed by atoms with Gasteiger partial charge in [0.2, 0.25) is 0 Å². The van der Waals surface area contributed by atoms with Gasteiger partial charge in [-0.3, -0.25) is 0 Å². The van der Waals surface area contributed by atoms with Crippen LogP contribution in [-0.2, 0) is 15.7 Å². The van der Waals surface area contributed by atoms with Crippen LogP contribution in [0.2, 0.25) is 7.87 Å². The number of aliphatic hydroxyl groups excluding tert-OH is 1. The minimum atomic E-state index is -3.76. The van der Waals surface area contributed by atoms with Crippen LogP contribution in [0.15, 0.2) is 0 Å². The van der Waals surface area contributed by atoms with Crippen LogP contribution in [0.4, 0.5) is 0 Å². The number of rotatable bonds is 2. The molecule has 1 unspecified atom stereocenters. The molecule has 1 atom stereocenters. The van der Waals surface area contributed by atoms with E-state index in [-0.39, 0.29) is 14.3 Å². The Bertz CT molecular complexity index is 292. The number of carbonyl (C=O) groups excluding carboxylic acids is 2. The molecule has 0 aliphatic carbocycles. The van der Waals surface area contributed by atoms with Crippen LogP contribution in [-0.4, -0.2) is 42.4 Å². The standard InChI is InChI=1S/C4H6O5.2C3H7.Sn/c5-2(4(8)9)1-3(6)7;2*1-3-2;/h2,5H,1H2,(H,6,7)(H,8,9);2*3H,1-2H3;/q;;;+2/p-2. The molecule has 1 rings (SSSR count). The third-order valence-electron chi connectivity index (χ3n) is 2.78. The Morgan fingerprint density at radius 2 is 1.69 bits per heavy atom. The van der Waals surface area contributed by atoms with Crippen molar-refractivity contribution >= 4 is 31.1 Å². The molecule has 16 heavy (non-hydrogen) atoms. The van der Waals surface area contributed by atoms with Gasteiger partial charge in [-0.1, -0.05) is 0 Å². The predicted octanol–water partition coefficient (Wildman–Crippen LogP) is 1.10. The Morgan fingerprint density at radius 1 is 1.19 bits per heavy atom. The van der Waals surface area contributed by atoms with Crippen molar-refractivity contribution in [2.24, 2.45) is 0 Å². The molecule has 0 saturated carbocycles. The van der Waals surface area contributed by atoms with Crippen LogP contribution in [0.1, 0.15) is 34.1 Å². The van der Waals surface area contributed by atoms with Crippen LogP contribution >= 0.6 is 0 Å². The van der Waals surface area contributed by atoms with E-state index >= 15 is 0 Å². The van der Waals surface area contributed by atoms with Crippen molar-refractivity contribution in [3.8, 4) is 0 Å². The minimum absolute atomic E-state index is 0.0347. The molecule has 0 aromatic rings. The van der Waals surface area contributed by atoms with E-state index in [2.05, 4.69) is 0 Å². The topological polar surface area (TPSA) is 72.8 Å². The molecule has 1 heterocycles. The number of hydrogen-bond donors (Lipinski definition) is 1. The van der Waals surface area contributed by atoms with Crippen LogP contribution in [0, 0.1) is 0 Å². The maximum absolute atomic E-state index is 11.5. The van der Waals surface area contributed by atoms with Crippen molar-refractivity contribution in [1.82, 2.24) is 0 Å². The molecular weight excluding hydrogens is 319 g/mol. The van der Waals surface area contributed by atoms with Gasteiger partial charge in [0.05, 0.1) is 0 Å². The summed E-state index contributed by atoms with van der Waals surface area (Å²) in [4.78, 5) is 23.0. The molecular formula is C10H18O5Sn. The van der Waals surface area contributed by atoms with Crippen molar-refractivity contribution in [3.63, 3.8) is 0 Å².